The van der Waals surface area contributed by atoms with Crippen molar-refractivity contribution in [3.63, 3.8) is 0 Å². The normalized spacial score (nSPS) is 10.3. The van der Waals surface area contributed by atoms with Gasteiger partial charge in [0.15, 0.2) is 0 Å². The van der Waals surface area contributed by atoms with E-state index in [9.17, 15) is 9.59 Å². The van der Waals surface area contributed by atoms with E-state index >= 15 is 0 Å². The second kappa shape index (κ2) is 7.45. The minimum absolute atomic E-state index is 0.0858. The van der Waals surface area contributed by atoms with Gasteiger partial charge in [-0.3, -0.25) is 9.59 Å². The first-order valence-corrected chi connectivity index (χ1v) is 7.45. The highest BCUT2D eigenvalue weighted by molar-refractivity contribution is 5.96. The van der Waals surface area contributed by atoms with E-state index in [0.717, 1.165) is 5.69 Å². The van der Waals surface area contributed by atoms with E-state index in [2.05, 4.69) is 5.32 Å². The monoisotopic (exact) mass is 299 g/mol. The molecule has 2 rings (SSSR count). The Bertz CT molecular complexity index is 618. The molecule has 2 aromatic rings. The van der Waals surface area contributed by atoms with Crippen molar-refractivity contribution in [3.05, 3.63) is 54.4 Å². The molecule has 0 radical (unpaired) electrons. The number of likely N-dealkylation sites (N-methyl/N-ethyl adjacent to an activating group) is 2. The second-order valence-electron chi connectivity index (χ2n) is 4.91. The summed E-state index contributed by atoms with van der Waals surface area (Å²) in [6, 6.07) is 11.3. The highest BCUT2D eigenvalue weighted by Crippen LogP contribution is 2.12. The molecule has 0 unspecified atom stereocenters. The zero-order valence-electron chi connectivity index (χ0n) is 13.0. The van der Waals surface area contributed by atoms with E-state index in [1.54, 1.807) is 12.1 Å². The molecular weight excluding hydrogens is 278 g/mol. The minimum atomic E-state index is -0.137. The van der Waals surface area contributed by atoms with Gasteiger partial charge in [-0.05, 0) is 50.2 Å². The Labute approximate surface area is 130 Å². The molecule has 0 atom stereocenters. The topological polar surface area (TPSA) is 54.3 Å². The van der Waals surface area contributed by atoms with Crippen molar-refractivity contribution in [1.82, 2.24) is 14.8 Å². The van der Waals surface area contributed by atoms with Crippen molar-refractivity contribution in [2.75, 3.05) is 19.6 Å². The molecule has 0 bridgehead atoms. The Hall–Kier alpha value is -2.56. The summed E-state index contributed by atoms with van der Waals surface area (Å²) in [5, 5.41) is 2.71. The van der Waals surface area contributed by atoms with Crippen LogP contribution in [0, 0.1) is 0 Å². The summed E-state index contributed by atoms with van der Waals surface area (Å²) in [4.78, 5) is 25.6. The maximum Gasteiger partial charge on any atom is 0.254 e. The van der Waals surface area contributed by atoms with Gasteiger partial charge in [0.25, 0.3) is 5.91 Å². The van der Waals surface area contributed by atoms with E-state index in [4.69, 9.17) is 0 Å². The molecule has 0 spiro atoms. The van der Waals surface area contributed by atoms with Crippen molar-refractivity contribution in [1.29, 1.82) is 0 Å². The number of nitrogens with zero attached hydrogens (tertiary/aromatic N) is 2. The molecule has 1 aromatic carbocycles. The fourth-order valence-electron chi connectivity index (χ4n) is 2.22. The van der Waals surface area contributed by atoms with Crippen LogP contribution in [0.4, 0.5) is 0 Å². The van der Waals surface area contributed by atoms with Crippen LogP contribution in [-0.4, -0.2) is 40.9 Å². The summed E-state index contributed by atoms with van der Waals surface area (Å²) >= 11 is 0. The zero-order chi connectivity index (χ0) is 15.9. The van der Waals surface area contributed by atoms with Crippen LogP contribution in [0.25, 0.3) is 5.69 Å². The summed E-state index contributed by atoms with van der Waals surface area (Å²) in [5.74, 6) is -0.269. The predicted molar refractivity (Wildman–Crippen MR) is 86.0 cm³/mol. The van der Waals surface area contributed by atoms with Gasteiger partial charge in [-0.2, -0.15) is 0 Å². The lowest BCUT2D eigenvalue weighted by molar-refractivity contribution is -0.121. The van der Waals surface area contributed by atoms with Crippen LogP contribution in [0.1, 0.15) is 24.2 Å². The molecule has 0 saturated heterocycles. The molecule has 116 valence electrons. The van der Waals surface area contributed by atoms with Crippen molar-refractivity contribution < 1.29 is 9.59 Å². The molecule has 0 saturated carbocycles. The van der Waals surface area contributed by atoms with Crippen LogP contribution in [0.15, 0.2) is 48.8 Å². The van der Waals surface area contributed by atoms with Gasteiger partial charge in [0.2, 0.25) is 5.91 Å². The maximum absolute atomic E-state index is 12.5. The third-order valence-electron chi connectivity index (χ3n) is 3.39. The van der Waals surface area contributed by atoms with Crippen LogP contribution in [-0.2, 0) is 4.79 Å². The van der Waals surface area contributed by atoms with Gasteiger partial charge in [0.05, 0.1) is 6.54 Å². The Morgan fingerprint density at radius 3 is 2.27 bits per heavy atom. The Balaban J connectivity index is 2.09. The molecule has 2 amide bonds. The number of nitrogens with one attached hydrogen (secondary N) is 1. The molecule has 22 heavy (non-hydrogen) atoms. The summed E-state index contributed by atoms with van der Waals surface area (Å²) in [6.45, 7) is 4.87. The number of rotatable bonds is 6. The highest BCUT2D eigenvalue weighted by atomic mass is 16.2. The summed E-state index contributed by atoms with van der Waals surface area (Å²) in [7, 11) is 0. The highest BCUT2D eigenvalue weighted by Gasteiger charge is 2.16. The molecule has 5 nitrogen and oxygen atoms in total. The van der Waals surface area contributed by atoms with Gasteiger partial charge < -0.3 is 14.8 Å². The van der Waals surface area contributed by atoms with Gasteiger partial charge in [0.1, 0.15) is 0 Å². The molecule has 1 aromatic heterocycles. The van der Waals surface area contributed by atoms with Crippen LogP contribution < -0.4 is 5.32 Å². The Morgan fingerprint density at radius 2 is 1.73 bits per heavy atom. The van der Waals surface area contributed by atoms with E-state index in [1.807, 2.05) is 55.1 Å². The van der Waals surface area contributed by atoms with Gasteiger partial charge >= 0.3 is 0 Å². The molecule has 5 heteroatoms. The van der Waals surface area contributed by atoms with Crippen LogP contribution in [0.5, 0.6) is 0 Å². The fourth-order valence-corrected chi connectivity index (χ4v) is 2.22. The number of carbonyl (C=O) groups excluding carboxylic acids is 2. The lowest BCUT2D eigenvalue weighted by Gasteiger charge is -2.20. The van der Waals surface area contributed by atoms with Gasteiger partial charge in [-0.1, -0.05) is 0 Å². The number of aromatic nitrogens is 1. The Morgan fingerprint density at radius 1 is 1.09 bits per heavy atom. The molecule has 0 fully saturated rings. The summed E-state index contributed by atoms with van der Waals surface area (Å²) < 4.78 is 1.97. The molecule has 0 aliphatic rings. The van der Waals surface area contributed by atoms with Crippen molar-refractivity contribution >= 4 is 11.8 Å². The standard InChI is InChI=1S/C17H21N3O2/c1-3-18-16(21)13-19(4-2)17(22)14-7-9-15(10-8-14)20-11-5-6-12-20/h5-12H,3-4,13H2,1-2H3,(H,18,21). The lowest BCUT2D eigenvalue weighted by atomic mass is 10.1. The first-order valence-electron chi connectivity index (χ1n) is 7.45. The van der Waals surface area contributed by atoms with Crippen LogP contribution in [0.2, 0.25) is 0 Å². The third kappa shape index (κ3) is 3.75. The summed E-state index contributed by atoms with van der Waals surface area (Å²) in [6.07, 6.45) is 3.90. The molecular formula is C17H21N3O2. The van der Waals surface area contributed by atoms with Gasteiger partial charge in [0, 0.05) is 36.7 Å². The third-order valence-corrected chi connectivity index (χ3v) is 3.39. The summed E-state index contributed by atoms with van der Waals surface area (Å²) in [5.41, 5.74) is 1.58. The van der Waals surface area contributed by atoms with E-state index in [0.29, 0.717) is 18.7 Å². The average Bonchev–Trinajstić information content (AvgIpc) is 3.07. The average molecular weight is 299 g/mol. The first-order chi connectivity index (χ1) is 10.7. The van der Waals surface area contributed by atoms with E-state index < -0.39 is 0 Å². The SMILES string of the molecule is CCNC(=O)CN(CC)C(=O)c1ccc(-n2cccc2)cc1. The zero-order valence-corrected chi connectivity index (χ0v) is 13.0. The molecule has 1 N–H and O–H groups in total. The fraction of sp³-hybridized carbons (Fsp3) is 0.294. The Kier molecular flexibility index (Phi) is 5.36. The van der Waals surface area contributed by atoms with Gasteiger partial charge in [-0.25, -0.2) is 0 Å². The van der Waals surface area contributed by atoms with Crippen molar-refractivity contribution in [2.45, 2.75) is 13.8 Å². The van der Waals surface area contributed by atoms with Gasteiger partial charge in [-0.15, -0.1) is 0 Å². The molecule has 0 aliphatic carbocycles. The van der Waals surface area contributed by atoms with E-state index in [-0.39, 0.29) is 18.4 Å². The predicted octanol–water partition coefficient (Wildman–Crippen LogP) is 2.08. The number of carbonyl (C=O) groups is 2. The number of hydrogen-bond acceptors (Lipinski definition) is 2. The largest absolute Gasteiger partial charge is 0.355 e. The van der Waals surface area contributed by atoms with Crippen molar-refractivity contribution in [3.8, 4) is 5.69 Å². The second-order valence-corrected chi connectivity index (χ2v) is 4.91. The lowest BCUT2D eigenvalue weighted by Crippen LogP contribution is -2.40. The number of hydrogen-bond donors (Lipinski definition) is 1. The first kappa shape index (κ1) is 15.8. The number of benzene rings is 1. The van der Waals surface area contributed by atoms with Crippen LogP contribution >= 0.6 is 0 Å². The quantitative estimate of drug-likeness (QED) is 0.888. The molecule has 0 aliphatic heterocycles. The van der Waals surface area contributed by atoms with Crippen LogP contribution in [0.3, 0.4) is 0 Å². The van der Waals surface area contributed by atoms with E-state index in [1.165, 1.54) is 4.90 Å². The minimum Gasteiger partial charge on any atom is -0.355 e. The van der Waals surface area contributed by atoms with Crippen molar-refractivity contribution in [2.24, 2.45) is 0 Å². The maximum atomic E-state index is 12.5. The molecule has 1 heterocycles. The smallest absolute Gasteiger partial charge is 0.254 e. The number of amides is 2.